The molecule has 2 aromatic carbocycles. The van der Waals surface area contributed by atoms with Crippen LogP contribution in [0.2, 0.25) is 5.02 Å². The highest BCUT2D eigenvalue weighted by Gasteiger charge is 2.10. The summed E-state index contributed by atoms with van der Waals surface area (Å²) in [5.41, 5.74) is 1.37. The van der Waals surface area contributed by atoms with E-state index >= 15 is 0 Å². The van der Waals surface area contributed by atoms with Crippen molar-refractivity contribution in [3.8, 4) is 0 Å². The van der Waals surface area contributed by atoms with E-state index in [4.69, 9.17) is 11.6 Å². The van der Waals surface area contributed by atoms with Crippen LogP contribution in [-0.2, 0) is 4.79 Å². The third kappa shape index (κ3) is 4.55. The Balaban J connectivity index is 1.88. The van der Waals surface area contributed by atoms with Crippen molar-refractivity contribution in [1.82, 2.24) is 5.32 Å². The molecular formula is C16H16ClFN2O. The van der Waals surface area contributed by atoms with Crippen LogP contribution >= 0.6 is 11.6 Å². The molecule has 0 unspecified atom stereocenters. The summed E-state index contributed by atoms with van der Waals surface area (Å²) in [6.07, 6.45) is 0. The Bertz CT molecular complexity index is 633. The predicted octanol–water partition coefficient (Wildman–Crippen LogP) is 3.77. The van der Waals surface area contributed by atoms with Gasteiger partial charge in [0.25, 0.3) is 0 Å². The van der Waals surface area contributed by atoms with Crippen LogP contribution in [0.3, 0.4) is 0 Å². The van der Waals surface area contributed by atoms with Crippen LogP contribution in [0.25, 0.3) is 0 Å². The summed E-state index contributed by atoms with van der Waals surface area (Å²) in [7, 11) is 0. The van der Waals surface area contributed by atoms with Crippen molar-refractivity contribution in [2.75, 3.05) is 11.9 Å². The summed E-state index contributed by atoms with van der Waals surface area (Å²) in [5, 5.41) is 6.37. The van der Waals surface area contributed by atoms with E-state index in [0.29, 0.717) is 10.7 Å². The lowest BCUT2D eigenvalue weighted by Gasteiger charge is -2.15. The van der Waals surface area contributed by atoms with Gasteiger partial charge < -0.3 is 10.6 Å². The molecule has 0 bridgehead atoms. The highest BCUT2D eigenvalue weighted by atomic mass is 35.5. The quantitative estimate of drug-likeness (QED) is 0.883. The van der Waals surface area contributed by atoms with Crippen LogP contribution in [0.4, 0.5) is 10.1 Å². The molecule has 0 aliphatic heterocycles. The zero-order chi connectivity index (χ0) is 15.2. The Kier molecular flexibility index (Phi) is 5.31. The van der Waals surface area contributed by atoms with E-state index in [2.05, 4.69) is 10.6 Å². The van der Waals surface area contributed by atoms with Crippen molar-refractivity contribution in [1.29, 1.82) is 0 Å². The minimum absolute atomic E-state index is 0.0584. The number of benzene rings is 2. The Morgan fingerprint density at radius 3 is 2.71 bits per heavy atom. The zero-order valence-corrected chi connectivity index (χ0v) is 12.3. The first kappa shape index (κ1) is 15.5. The van der Waals surface area contributed by atoms with Crippen LogP contribution in [-0.4, -0.2) is 12.5 Å². The van der Waals surface area contributed by atoms with Gasteiger partial charge in [-0.15, -0.1) is 0 Å². The molecule has 21 heavy (non-hydrogen) atoms. The number of carbonyl (C=O) groups is 1. The van der Waals surface area contributed by atoms with Crippen LogP contribution in [0.15, 0.2) is 48.5 Å². The number of nitrogens with one attached hydrogen (secondary N) is 2. The molecule has 0 fully saturated rings. The van der Waals surface area contributed by atoms with Gasteiger partial charge in [-0.1, -0.05) is 35.9 Å². The monoisotopic (exact) mass is 306 g/mol. The van der Waals surface area contributed by atoms with Crippen molar-refractivity contribution in [3.05, 3.63) is 64.9 Å². The van der Waals surface area contributed by atoms with Gasteiger partial charge in [-0.05, 0) is 36.8 Å². The molecule has 3 nitrogen and oxygen atoms in total. The topological polar surface area (TPSA) is 41.1 Å². The Hall–Kier alpha value is -1.91. The van der Waals surface area contributed by atoms with Gasteiger partial charge in [0, 0.05) is 16.8 Å². The van der Waals surface area contributed by atoms with Crippen molar-refractivity contribution >= 4 is 23.2 Å². The highest BCUT2D eigenvalue weighted by molar-refractivity contribution is 6.31. The molecule has 1 atom stereocenters. The van der Waals surface area contributed by atoms with E-state index in [9.17, 15) is 9.18 Å². The maximum atomic E-state index is 13.0. The van der Waals surface area contributed by atoms with Crippen molar-refractivity contribution < 1.29 is 9.18 Å². The molecule has 0 aromatic heterocycles. The second-order valence-electron chi connectivity index (χ2n) is 4.68. The maximum absolute atomic E-state index is 13.0. The number of hydrogen-bond donors (Lipinski definition) is 2. The minimum Gasteiger partial charge on any atom is -0.325 e. The molecule has 0 aliphatic carbocycles. The molecule has 0 radical (unpaired) electrons. The lowest BCUT2D eigenvalue weighted by atomic mass is 10.1. The lowest BCUT2D eigenvalue weighted by Crippen LogP contribution is -2.30. The second-order valence-corrected chi connectivity index (χ2v) is 5.09. The van der Waals surface area contributed by atoms with Gasteiger partial charge in [-0.25, -0.2) is 4.39 Å². The van der Waals surface area contributed by atoms with E-state index < -0.39 is 0 Å². The Labute approximate surface area is 128 Å². The minimum atomic E-state index is -0.384. The lowest BCUT2D eigenvalue weighted by molar-refractivity contribution is -0.115. The van der Waals surface area contributed by atoms with Crippen molar-refractivity contribution in [2.45, 2.75) is 13.0 Å². The molecule has 0 aliphatic rings. The van der Waals surface area contributed by atoms with Crippen molar-refractivity contribution in [2.24, 2.45) is 0 Å². The smallest absolute Gasteiger partial charge is 0.238 e. The molecule has 0 spiro atoms. The molecular weight excluding hydrogens is 291 g/mol. The van der Waals surface area contributed by atoms with E-state index in [1.165, 1.54) is 12.1 Å². The fourth-order valence-corrected chi connectivity index (χ4v) is 2.25. The standard InChI is InChI=1S/C16H16ClFN2O/c1-11(14-7-2-3-8-15(14)17)19-10-16(21)20-13-6-4-5-12(18)9-13/h2-9,11,19H,10H2,1H3,(H,20,21)/t11-/m1/s1. The summed E-state index contributed by atoms with van der Waals surface area (Å²) in [4.78, 5) is 11.8. The number of amides is 1. The number of rotatable bonds is 5. The molecule has 1 amide bonds. The maximum Gasteiger partial charge on any atom is 0.238 e. The summed E-state index contributed by atoms with van der Waals surface area (Å²) in [6.45, 7) is 2.04. The second kappa shape index (κ2) is 7.20. The molecule has 0 saturated heterocycles. The van der Waals surface area contributed by atoms with Crippen LogP contribution in [0.1, 0.15) is 18.5 Å². The summed E-state index contributed by atoms with van der Waals surface area (Å²) >= 11 is 6.10. The fraction of sp³-hybridized carbons (Fsp3) is 0.188. The number of carbonyl (C=O) groups excluding carboxylic acids is 1. The SMILES string of the molecule is C[C@@H](NCC(=O)Nc1cccc(F)c1)c1ccccc1Cl. The van der Waals surface area contributed by atoms with E-state index in [0.717, 1.165) is 5.56 Å². The molecule has 2 aromatic rings. The molecule has 2 rings (SSSR count). The van der Waals surface area contributed by atoms with Crippen LogP contribution < -0.4 is 10.6 Å². The first-order chi connectivity index (χ1) is 10.1. The van der Waals surface area contributed by atoms with Gasteiger partial charge in [0.2, 0.25) is 5.91 Å². The van der Waals surface area contributed by atoms with Gasteiger partial charge in [-0.3, -0.25) is 4.79 Å². The molecule has 0 saturated carbocycles. The largest absolute Gasteiger partial charge is 0.325 e. The molecule has 110 valence electrons. The summed E-state index contributed by atoms with van der Waals surface area (Å²) in [6, 6.07) is 13.2. The van der Waals surface area contributed by atoms with Gasteiger partial charge in [-0.2, -0.15) is 0 Å². The predicted molar refractivity (Wildman–Crippen MR) is 82.9 cm³/mol. The molecule has 0 heterocycles. The fourth-order valence-electron chi connectivity index (χ4n) is 1.95. The third-order valence-electron chi connectivity index (χ3n) is 3.05. The van der Waals surface area contributed by atoms with Crippen LogP contribution in [0.5, 0.6) is 0 Å². The first-order valence-corrected chi connectivity index (χ1v) is 6.97. The number of halogens is 2. The van der Waals surface area contributed by atoms with Gasteiger partial charge in [0.15, 0.2) is 0 Å². The average Bonchev–Trinajstić information content (AvgIpc) is 2.45. The molecule has 2 N–H and O–H groups in total. The summed E-state index contributed by atoms with van der Waals surface area (Å²) < 4.78 is 13.0. The normalized spacial score (nSPS) is 12.0. The van der Waals surface area contributed by atoms with Crippen LogP contribution in [0, 0.1) is 5.82 Å². The van der Waals surface area contributed by atoms with E-state index in [-0.39, 0.29) is 24.3 Å². The summed E-state index contributed by atoms with van der Waals surface area (Å²) in [5.74, 6) is -0.621. The third-order valence-corrected chi connectivity index (χ3v) is 3.39. The number of anilines is 1. The Morgan fingerprint density at radius 2 is 2.00 bits per heavy atom. The zero-order valence-electron chi connectivity index (χ0n) is 11.6. The average molecular weight is 307 g/mol. The number of hydrogen-bond acceptors (Lipinski definition) is 2. The molecule has 5 heteroatoms. The first-order valence-electron chi connectivity index (χ1n) is 6.59. The highest BCUT2D eigenvalue weighted by Crippen LogP contribution is 2.21. The van der Waals surface area contributed by atoms with Crippen molar-refractivity contribution in [3.63, 3.8) is 0 Å². The van der Waals surface area contributed by atoms with Gasteiger partial charge in [0.1, 0.15) is 5.82 Å². The van der Waals surface area contributed by atoms with E-state index in [1.807, 2.05) is 31.2 Å². The van der Waals surface area contributed by atoms with E-state index in [1.54, 1.807) is 12.1 Å². The van der Waals surface area contributed by atoms with Gasteiger partial charge >= 0.3 is 0 Å². The Morgan fingerprint density at radius 1 is 1.24 bits per heavy atom. The van der Waals surface area contributed by atoms with Gasteiger partial charge in [0.05, 0.1) is 6.54 Å².